The Morgan fingerprint density at radius 2 is 1.90 bits per heavy atom. The lowest BCUT2D eigenvalue weighted by molar-refractivity contribution is -0.118. The largest absolute Gasteiger partial charge is 0.484 e. The predicted molar refractivity (Wildman–Crippen MR) is 118 cm³/mol. The van der Waals surface area contributed by atoms with Crippen molar-refractivity contribution in [3.63, 3.8) is 0 Å². The van der Waals surface area contributed by atoms with Crippen LogP contribution in [0.5, 0.6) is 5.75 Å². The number of nitrogens with one attached hydrogen (secondary N) is 1. The van der Waals surface area contributed by atoms with Crippen molar-refractivity contribution in [3.8, 4) is 17.0 Å². The maximum Gasteiger partial charge on any atom is 0.346 e. The lowest BCUT2D eigenvalue weighted by Gasteiger charge is -2.10. The Hall–Kier alpha value is -3.32. The molecule has 0 aliphatic heterocycles. The smallest absolute Gasteiger partial charge is 0.346 e. The highest BCUT2D eigenvalue weighted by Crippen LogP contribution is 2.30. The van der Waals surface area contributed by atoms with Gasteiger partial charge >= 0.3 is 5.97 Å². The number of aromatic nitrogens is 1. The third-order valence-electron chi connectivity index (χ3n) is 4.44. The van der Waals surface area contributed by atoms with Crippen molar-refractivity contribution in [2.45, 2.75) is 26.7 Å². The average Bonchev–Trinajstić information content (AvgIpc) is 3.16. The zero-order chi connectivity index (χ0) is 22.4. The van der Waals surface area contributed by atoms with Gasteiger partial charge in [0.2, 0.25) is 5.88 Å². The van der Waals surface area contributed by atoms with Crippen molar-refractivity contribution >= 4 is 29.4 Å². The molecule has 3 aromatic rings. The second-order valence-corrected chi connectivity index (χ2v) is 7.46. The van der Waals surface area contributed by atoms with Gasteiger partial charge in [-0.2, -0.15) is 0 Å². The number of amides is 1. The molecule has 0 unspecified atom stereocenters. The quantitative estimate of drug-likeness (QED) is 0.475. The van der Waals surface area contributed by atoms with Gasteiger partial charge in [-0.3, -0.25) is 10.1 Å². The number of ether oxygens (including phenoxy) is 2. The molecular weight excluding hydrogens is 420 g/mol. The Balaban J connectivity index is 1.77. The lowest BCUT2D eigenvalue weighted by Crippen LogP contribution is -2.21. The van der Waals surface area contributed by atoms with Crippen LogP contribution in [0.2, 0.25) is 5.02 Å². The second kappa shape index (κ2) is 10.1. The van der Waals surface area contributed by atoms with E-state index in [0.717, 1.165) is 5.56 Å². The maximum atomic E-state index is 12.5. The molecule has 1 heterocycles. The molecule has 162 valence electrons. The van der Waals surface area contributed by atoms with Crippen LogP contribution in [0.15, 0.2) is 53.1 Å². The first-order chi connectivity index (χ1) is 14.9. The molecule has 0 aliphatic carbocycles. The Bertz CT molecular complexity index is 1060. The molecule has 1 N–H and O–H groups in total. The van der Waals surface area contributed by atoms with Gasteiger partial charge < -0.3 is 14.0 Å². The molecule has 0 atom stereocenters. The topological polar surface area (TPSA) is 90.7 Å². The summed E-state index contributed by atoms with van der Waals surface area (Å²) in [4.78, 5) is 25.0. The van der Waals surface area contributed by atoms with Crippen LogP contribution in [-0.4, -0.2) is 30.2 Å². The molecule has 0 radical (unpaired) electrons. The Morgan fingerprint density at radius 1 is 1.16 bits per heavy atom. The molecule has 0 saturated heterocycles. The molecule has 0 bridgehead atoms. The minimum atomic E-state index is -0.658. The summed E-state index contributed by atoms with van der Waals surface area (Å²) in [7, 11) is 0. The summed E-state index contributed by atoms with van der Waals surface area (Å²) in [6.45, 7) is 5.73. The first kappa shape index (κ1) is 22.4. The molecule has 0 spiro atoms. The fourth-order valence-electron chi connectivity index (χ4n) is 2.85. The van der Waals surface area contributed by atoms with E-state index in [2.05, 4.69) is 24.3 Å². The van der Waals surface area contributed by atoms with Crippen molar-refractivity contribution < 1.29 is 23.6 Å². The van der Waals surface area contributed by atoms with E-state index in [1.54, 1.807) is 37.3 Å². The fraction of sp³-hybridized carbons (Fsp3) is 0.261. The van der Waals surface area contributed by atoms with Gasteiger partial charge in [-0.05, 0) is 42.7 Å². The number of benzene rings is 2. The molecule has 3 rings (SSSR count). The lowest BCUT2D eigenvalue weighted by atomic mass is 10.0. The molecule has 2 aromatic carbocycles. The van der Waals surface area contributed by atoms with E-state index >= 15 is 0 Å². The maximum absolute atomic E-state index is 12.5. The highest BCUT2D eigenvalue weighted by molar-refractivity contribution is 6.30. The van der Waals surface area contributed by atoms with Gasteiger partial charge in [0.25, 0.3) is 5.91 Å². The number of esters is 1. The summed E-state index contributed by atoms with van der Waals surface area (Å²) < 4.78 is 15.9. The first-order valence-electron chi connectivity index (χ1n) is 9.84. The van der Waals surface area contributed by atoms with Crippen molar-refractivity contribution in [3.05, 3.63) is 64.7 Å². The second-order valence-electron chi connectivity index (χ2n) is 7.03. The van der Waals surface area contributed by atoms with Gasteiger partial charge in [0.1, 0.15) is 11.4 Å². The molecule has 7 nitrogen and oxygen atoms in total. The molecule has 0 fully saturated rings. The summed E-state index contributed by atoms with van der Waals surface area (Å²) in [6.07, 6.45) is 0. The van der Waals surface area contributed by atoms with E-state index in [1.165, 1.54) is 0 Å². The Morgan fingerprint density at radius 3 is 2.58 bits per heavy atom. The highest BCUT2D eigenvalue weighted by Gasteiger charge is 2.26. The third-order valence-corrected chi connectivity index (χ3v) is 4.69. The minimum Gasteiger partial charge on any atom is -0.484 e. The monoisotopic (exact) mass is 442 g/mol. The number of rotatable bonds is 8. The van der Waals surface area contributed by atoms with Crippen LogP contribution in [0, 0.1) is 0 Å². The normalized spacial score (nSPS) is 10.7. The van der Waals surface area contributed by atoms with Crippen molar-refractivity contribution in [1.29, 1.82) is 0 Å². The zero-order valence-electron chi connectivity index (χ0n) is 17.5. The fourth-order valence-corrected chi connectivity index (χ4v) is 2.97. The first-order valence-corrected chi connectivity index (χ1v) is 10.2. The van der Waals surface area contributed by atoms with Crippen LogP contribution in [0.1, 0.15) is 42.6 Å². The molecule has 1 aromatic heterocycles. The summed E-state index contributed by atoms with van der Waals surface area (Å²) in [5, 5.41) is 7.03. The van der Waals surface area contributed by atoms with Crippen molar-refractivity contribution in [2.24, 2.45) is 0 Å². The standard InChI is InChI=1S/C23H23ClN2O5/c1-4-29-23(28)20-21(15-8-10-17(24)11-9-15)26-31-22(20)25-19(27)13-30-18-7-5-6-16(12-18)14(2)3/h5-12,14H,4,13H2,1-3H3,(H,25,27). The van der Waals surface area contributed by atoms with E-state index in [9.17, 15) is 9.59 Å². The number of carbonyl (C=O) groups is 2. The molecular formula is C23H23ClN2O5. The van der Waals surface area contributed by atoms with Crippen molar-refractivity contribution in [2.75, 3.05) is 18.5 Å². The summed E-state index contributed by atoms with van der Waals surface area (Å²) >= 11 is 5.93. The number of anilines is 1. The number of nitrogens with zero attached hydrogens (tertiary/aromatic N) is 1. The van der Waals surface area contributed by atoms with Crippen LogP contribution in [-0.2, 0) is 9.53 Å². The number of hydrogen-bond donors (Lipinski definition) is 1. The van der Waals surface area contributed by atoms with Gasteiger partial charge in [0.05, 0.1) is 6.61 Å². The third kappa shape index (κ3) is 5.64. The van der Waals surface area contributed by atoms with Crippen LogP contribution >= 0.6 is 11.6 Å². The Kier molecular flexibility index (Phi) is 7.31. The summed E-state index contributed by atoms with van der Waals surface area (Å²) in [6, 6.07) is 14.2. The van der Waals surface area contributed by atoms with Crippen LogP contribution in [0.4, 0.5) is 5.88 Å². The van der Waals surface area contributed by atoms with Crippen molar-refractivity contribution in [1.82, 2.24) is 5.16 Å². The number of carbonyl (C=O) groups excluding carboxylic acids is 2. The van der Waals surface area contributed by atoms with Gasteiger partial charge in [0, 0.05) is 10.6 Å². The van der Waals surface area contributed by atoms with Crippen LogP contribution in [0.25, 0.3) is 11.3 Å². The average molecular weight is 443 g/mol. The molecule has 31 heavy (non-hydrogen) atoms. The minimum absolute atomic E-state index is 0.0272. The summed E-state index contributed by atoms with van der Waals surface area (Å²) in [5.41, 5.74) is 1.97. The van der Waals surface area contributed by atoms with Gasteiger partial charge in [0.15, 0.2) is 12.2 Å². The highest BCUT2D eigenvalue weighted by atomic mass is 35.5. The van der Waals surface area contributed by atoms with E-state index < -0.39 is 11.9 Å². The molecule has 1 amide bonds. The predicted octanol–water partition coefficient (Wildman–Crippen LogP) is 5.31. The van der Waals surface area contributed by atoms with Gasteiger partial charge in [-0.1, -0.05) is 54.9 Å². The number of halogens is 1. The van der Waals surface area contributed by atoms with E-state index in [1.807, 2.05) is 18.2 Å². The van der Waals surface area contributed by atoms with Gasteiger partial charge in [-0.15, -0.1) is 0 Å². The SMILES string of the molecule is CCOC(=O)c1c(-c2ccc(Cl)cc2)noc1NC(=O)COc1cccc(C(C)C)c1. The van der Waals surface area contributed by atoms with E-state index in [4.69, 9.17) is 25.6 Å². The molecule has 0 saturated carbocycles. The Labute approximate surface area is 185 Å². The van der Waals surface area contributed by atoms with E-state index in [0.29, 0.717) is 22.3 Å². The molecule has 0 aliphatic rings. The van der Waals surface area contributed by atoms with Crippen LogP contribution < -0.4 is 10.1 Å². The number of hydrogen-bond acceptors (Lipinski definition) is 6. The zero-order valence-corrected chi connectivity index (χ0v) is 18.2. The van der Waals surface area contributed by atoms with Crippen LogP contribution in [0.3, 0.4) is 0 Å². The van der Waals surface area contributed by atoms with E-state index in [-0.39, 0.29) is 30.4 Å². The summed E-state index contributed by atoms with van der Waals surface area (Å²) in [5.74, 6) is -0.349. The van der Waals surface area contributed by atoms with Gasteiger partial charge in [-0.25, -0.2) is 4.79 Å². The molecule has 8 heteroatoms.